The standard InChI is InChI=1S/C21H20O6/c1-13-4-3-5-16(10-13)25-9-8-19(23)26-12-15-11-20(24)27-21-14(2)18(22)7-6-17(15)21/h3-7,10-11,22H,8-9,12H2,1-2H3. The maximum Gasteiger partial charge on any atom is 0.336 e. The fraction of sp³-hybridized carbons (Fsp3) is 0.238. The van der Waals surface area contributed by atoms with E-state index in [2.05, 4.69) is 0 Å². The van der Waals surface area contributed by atoms with Crippen LogP contribution in [0.25, 0.3) is 11.0 Å². The van der Waals surface area contributed by atoms with Gasteiger partial charge in [0.15, 0.2) is 0 Å². The van der Waals surface area contributed by atoms with E-state index in [-0.39, 0.29) is 31.0 Å². The van der Waals surface area contributed by atoms with Crippen LogP contribution in [0.1, 0.15) is 23.1 Å². The lowest BCUT2D eigenvalue weighted by Gasteiger charge is -2.10. The Hall–Kier alpha value is -3.28. The van der Waals surface area contributed by atoms with Gasteiger partial charge in [0.1, 0.15) is 23.7 Å². The number of carbonyl (C=O) groups excluding carboxylic acids is 1. The number of fused-ring (bicyclic) bond motifs is 1. The minimum Gasteiger partial charge on any atom is -0.508 e. The molecule has 0 fully saturated rings. The summed E-state index contributed by atoms with van der Waals surface area (Å²) in [4.78, 5) is 23.7. The molecule has 0 atom stereocenters. The molecule has 0 radical (unpaired) electrons. The predicted molar refractivity (Wildman–Crippen MR) is 100.0 cm³/mol. The quantitative estimate of drug-likeness (QED) is 0.528. The van der Waals surface area contributed by atoms with Crippen LogP contribution in [0.2, 0.25) is 0 Å². The van der Waals surface area contributed by atoms with E-state index in [9.17, 15) is 14.7 Å². The van der Waals surface area contributed by atoms with Crippen LogP contribution in [0.4, 0.5) is 0 Å². The number of aryl methyl sites for hydroxylation is 2. The van der Waals surface area contributed by atoms with Gasteiger partial charge in [-0.2, -0.15) is 0 Å². The first kappa shape index (κ1) is 18.5. The van der Waals surface area contributed by atoms with E-state index in [0.717, 1.165) is 5.56 Å². The molecule has 1 heterocycles. The molecule has 0 bridgehead atoms. The van der Waals surface area contributed by atoms with E-state index in [1.54, 1.807) is 13.0 Å². The molecule has 2 aromatic carbocycles. The summed E-state index contributed by atoms with van der Waals surface area (Å²) in [6, 6.07) is 12.0. The van der Waals surface area contributed by atoms with Gasteiger partial charge in [-0.3, -0.25) is 4.79 Å². The van der Waals surface area contributed by atoms with Crippen molar-refractivity contribution in [3.63, 3.8) is 0 Å². The summed E-state index contributed by atoms with van der Waals surface area (Å²) in [5, 5.41) is 10.4. The second-order valence-electron chi connectivity index (χ2n) is 6.25. The minimum atomic E-state index is -0.565. The average Bonchev–Trinajstić information content (AvgIpc) is 2.63. The van der Waals surface area contributed by atoms with Crippen LogP contribution in [0.5, 0.6) is 11.5 Å². The second kappa shape index (κ2) is 7.95. The molecule has 6 nitrogen and oxygen atoms in total. The molecule has 1 aromatic heterocycles. The molecule has 0 aliphatic heterocycles. The van der Waals surface area contributed by atoms with Gasteiger partial charge >= 0.3 is 11.6 Å². The number of rotatable bonds is 6. The van der Waals surface area contributed by atoms with Crippen molar-refractivity contribution in [3.8, 4) is 11.5 Å². The zero-order valence-electron chi connectivity index (χ0n) is 15.2. The number of phenolic OH excluding ortho intramolecular Hbond substituents is 1. The van der Waals surface area contributed by atoms with Crippen molar-refractivity contribution in [3.05, 3.63) is 69.6 Å². The van der Waals surface area contributed by atoms with Crippen molar-refractivity contribution in [2.24, 2.45) is 0 Å². The number of aromatic hydroxyl groups is 1. The lowest BCUT2D eigenvalue weighted by molar-refractivity contribution is -0.145. The molecule has 6 heteroatoms. The highest BCUT2D eigenvalue weighted by molar-refractivity contribution is 5.85. The van der Waals surface area contributed by atoms with Gasteiger partial charge in [0.05, 0.1) is 13.0 Å². The molecule has 27 heavy (non-hydrogen) atoms. The summed E-state index contributed by atoms with van der Waals surface area (Å²) in [6.45, 7) is 3.75. The van der Waals surface area contributed by atoms with Gasteiger partial charge in [-0.1, -0.05) is 12.1 Å². The van der Waals surface area contributed by atoms with Crippen molar-refractivity contribution in [2.75, 3.05) is 6.61 Å². The van der Waals surface area contributed by atoms with Crippen molar-refractivity contribution in [1.29, 1.82) is 0 Å². The van der Waals surface area contributed by atoms with E-state index in [1.165, 1.54) is 12.1 Å². The van der Waals surface area contributed by atoms with Gasteiger partial charge in [-0.05, 0) is 43.7 Å². The highest BCUT2D eigenvalue weighted by atomic mass is 16.5. The van der Waals surface area contributed by atoms with Crippen molar-refractivity contribution in [1.82, 2.24) is 0 Å². The number of esters is 1. The molecule has 0 aliphatic carbocycles. The molecule has 1 N–H and O–H groups in total. The third kappa shape index (κ3) is 4.47. The van der Waals surface area contributed by atoms with Crippen LogP contribution >= 0.6 is 0 Å². The van der Waals surface area contributed by atoms with E-state index < -0.39 is 11.6 Å². The van der Waals surface area contributed by atoms with Gasteiger partial charge in [0, 0.05) is 22.6 Å². The highest BCUT2D eigenvalue weighted by Gasteiger charge is 2.12. The Bertz CT molecular complexity index is 1030. The van der Waals surface area contributed by atoms with Crippen molar-refractivity contribution >= 4 is 16.9 Å². The van der Waals surface area contributed by atoms with E-state index >= 15 is 0 Å². The fourth-order valence-corrected chi connectivity index (χ4v) is 2.72. The van der Waals surface area contributed by atoms with Crippen LogP contribution in [-0.2, 0) is 16.1 Å². The van der Waals surface area contributed by atoms with Crippen LogP contribution in [0.15, 0.2) is 51.7 Å². The number of carbonyl (C=O) groups is 1. The summed E-state index contributed by atoms with van der Waals surface area (Å²) >= 11 is 0. The Morgan fingerprint density at radius 3 is 2.74 bits per heavy atom. The number of benzene rings is 2. The molecule has 0 saturated heterocycles. The van der Waals surface area contributed by atoms with Crippen LogP contribution < -0.4 is 10.4 Å². The molecule has 3 aromatic rings. The molecule has 140 valence electrons. The number of phenols is 1. The SMILES string of the molecule is Cc1cccc(OCCC(=O)OCc2cc(=O)oc3c(C)c(O)ccc23)c1. The third-order valence-electron chi connectivity index (χ3n) is 4.17. The molecule has 3 rings (SSSR count). The lowest BCUT2D eigenvalue weighted by atomic mass is 10.1. The van der Waals surface area contributed by atoms with E-state index in [4.69, 9.17) is 13.9 Å². The summed E-state index contributed by atoms with van der Waals surface area (Å²) < 4.78 is 16.0. The summed E-state index contributed by atoms with van der Waals surface area (Å²) in [6.07, 6.45) is 0.0904. The summed E-state index contributed by atoms with van der Waals surface area (Å²) in [5.74, 6) is 0.303. The number of hydrogen-bond donors (Lipinski definition) is 1. The normalized spacial score (nSPS) is 10.7. The van der Waals surface area contributed by atoms with Crippen molar-refractivity contribution < 1.29 is 23.8 Å². The van der Waals surface area contributed by atoms with E-state index in [0.29, 0.717) is 22.3 Å². The van der Waals surface area contributed by atoms with Gasteiger partial charge in [-0.15, -0.1) is 0 Å². The molecule has 0 spiro atoms. The van der Waals surface area contributed by atoms with Gasteiger partial charge in [-0.25, -0.2) is 4.79 Å². The Morgan fingerprint density at radius 2 is 1.96 bits per heavy atom. The maximum atomic E-state index is 12.0. The minimum absolute atomic E-state index is 0.0353. The Kier molecular flexibility index (Phi) is 5.45. The maximum absolute atomic E-state index is 12.0. The van der Waals surface area contributed by atoms with Gasteiger partial charge < -0.3 is 19.0 Å². The average molecular weight is 368 g/mol. The third-order valence-corrected chi connectivity index (χ3v) is 4.17. The highest BCUT2D eigenvalue weighted by Crippen LogP contribution is 2.27. The Labute approximate surface area is 156 Å². The second-order valence-corrected chi connectivity index (χ2v) is 6.25. The number of hydrogen-bond acceptors (Lipinski definition) is 6. The summed E-state index contributed by atoms with van der Waals surface area (Å²) in [5.41, 5.74) is 1.79. The first-order chi connectivity index (χ1) is 12.9. The molecule has 0 unspecified atom stereocenters. The van der Waals surface area contributed by atoms with E-state index in [1.807, 2.05) is 31.2 Å². The smallest absolute Gasteiger partial charge is 0.336 e. The van der Waals surface area contributed by atoms with Crippen LogP contribution in [-0.4, -0.2) is 17.7 Å². The molecule has 0 aliphatic rings. The van der Waals surface area contributed by atoms with Crippen LogP contribution in [0.3, 0.4) is 0 Å². The Morgan fingerprint density at radius 1 is 1.15 bits per heavy atom. The Balaban J connectivity index is 1.62. The fourth-order valence-electron chi connectivity index (χ4n) is 2.72. The van der Waals surface area contributed by atoms with Gasteiger partial charge in [0.25, 0.3) is 0 Å². The lowest BCUT2D eigenvalue weighted by Crippen LogP contribution is -2.11. The molecule has 0 amide bonds. The van der Waals surface area contributed by atoms with Crippen molar-refractivity contribution in [2.45, 2.75) is 26.9 Å². The van der Waals surface area contributed by atoms with Gasteiger partial charge in [0.2, 0.25) is 0 Å². The molecular formula is C21H20O6. The van der Waals surface area contributed by atoms with Crippen LogP contribution in [0, 0.1) is 13.8 Å². The first-order valence-corrected chi connectivity index (χ1v) is 8.54. The first-order valence-electron chi connectivity index (χ1n) is 8.54. The molecular weight excluding hydrogens is 348 g/mol. The monoisotopic (exact) mass is 368 g/mol. The topological polar surface area (TPSA) is 86.0 Å². The largest absolute Gasteiger partial charge is 0.508 e. The number of ether oxygens (including phenoxy) is 2. The summed E-state index contributed by atoms with van der Waals surface area (Å²) in [7, 11) is 0. The molecule has 0 saturated carbocycles. The zero-order valence-corrected chi connectivity index (χ0v) is 15.2. The predicted octanol–water partition coefficient (Wildman–Crippen LogP) is 3.63. The zero-order chi connectivity index (χ0) is 19.4.